The average Bonchev–Trinajstić information content (AvgIpc) is 3.79. The molecule has 1 heterocycles. The van der Waals surface area contributed by atoms with Crippen molar-refractivity contribution < 1.29 is 4.74 Å². The van der Waals surface area contributed by atoms with Crippen molar-refractivity contribution in [1.29, 1.82) is 0 Å². The maximum absolute atomic E-state index is 6.71. The third kappa shape index (κ3) is 4.66. The van der Waals surface area contributed by atoms with Gasteiger partial charge < -0.3 is 4.74 Å². The van der Waals surface area contributed by atoms with E-state index >= 15 is 0 Å². The fourth-order valence-corrected chi connectivity index (χ4v) is 11.2. The van der Waals surface area contributed by atoms with Gasteiger partial charge in [-0.15, -0.1) is 0 Å². The molecule has 13 rings (SSSR count). The molecule has 0 bridgehead atoms. The van der Waals surface area contributed by atoms with Crippen LogP contribution in [0.4, 0.5) is 0 Å². The molecule has 0 amide bonds. The lowest BCUT2D eigenvalue weighted by molar-refractivity contribution is 0.434. The van der Waals surface area contributed by atoms with Gasteiger partial charge in [-0.05, 0) is 125 Å². The summed E-state index contributed by atoms with van der Waals surface area (Å²) in [5.74, 6) is 1.76. The lowest BCUT2D eigenvalue weighted by Gasteiger charge is -2.41. The van der Waals surface area contributed by atoms with Gasteiger partial charge in [0.25, 0.3) is 0 Å². The second-order valence-electron chi connectivity index (χ2n) is 16.7. The number of rotatable bonds is 4. The number of hydrogen-bond acceptors (Lipinski definition) is 1. The SMILES string of the molecule is c1ccc(C2(c3ccccc3)c3ccccc3Oc3ccc(-c4ccc(-c5ccc6c(c5)C5(c7ccccc7-6)c6ccccc6-c6cc7ccccc7cc65)cc4)cc32)cc1. The first-order valence-corrected chi connectivity index (χ1v) is 21.2. The molecule has 1 spiro atoms. The van der Waals surface area contributed by atoms with E-state index in [0.29, 0.717) is 0 Å². The maximum Gasteiger partial charge on any atom is 0.132 e. The van der Waals surface area contributed by atoms with E-state index in [0.717, 1.165) is 33.8 Å². The standard InChI is InChI=1S/C60H38O/c1-3-17-45(18-4-1)59(46-19-5-2-6-20-46)53-25-13-14-26-57(53)61-58-34-32-44(38-56(58)59)40-29-27-39(28-30-40)43-31-33-49-47-21-9-11-23-51(47)60(54(49)37-43)52-24-12-10-22-48(52)50-35-41-15-7-8-16-42(41)36-55(50)60/h1-38H. The third-order valence-electron chi connectivity index (χ3n) is 13.8. The van der Waals surface area contributed by atoms with Crippen LogP contribution in [0.25, 0.3) is 55.3 Å². The summed E-state index contributed by atoms with van der Waals surface area (Å²) in [6.45, 7) is 0. The van der Waals surface area contributed by atoms with Crippen molar-refractivity contribution in [2.75, 3.05) is 0 Å². The van der Waals surface area contributed by atoms with Crippen molar-refractivity contribution in [3.05, 3.63) is 275 Å². The monoisotopic (exact) mass is 774 g/mol. The van der Waals surface area contributed by atoms with Crippen LogP contribution in [-0.2, 0) is 10.8 Å². The van der Waals surface area contributed by atoms with Crippen LogP contribution in [0.1, 0.15) is 44.5 Å². The first-order chi connectivity index (χ1) is 30.2. The van der Waals surface area contributed by atoms with E-state index in [2.05, 4.69) is 231 Å². The van der Waals surface area contributed by atoms with E-state index < -0.39 is 10.8 Å². The summed E-state index contributed by atoms with van der Waals surface area (Å²) in [5.41, 5.74) is 19.2. The zero-order chi connectivity index (χ0) is 40.1. The van der Waals surface area contributed by atoms with Crippen LogP contribution in [0.15, 0.2) is 231 Å². The van der Waals surface area contributed by atoms with Crippen LogP contribution >= 0.6 is 0 Å². The van der Waals surface area contributed by atoms with Crippen molar-refractivity contribution in [2.24, 2.45) is 0 Å². The highest BCUT2D eigenvalue weighted by Gasteiger charge is 2.52. The molecule has 1 unspecified atom stereocenters. The van der Waals surface area contributed by atoms with Crippen LogP contribution in [-0.4, -0.2) is 0 Å². The maximum atomic E-state index is 6.71. The molecule has 0 N–H and O–H groups in total. The summed E-state index contributed by atoms with van der Waals surface area (Å²) in [7, 11) is 0. The van der Waals surface area contributed by atoms with Gasteiger partial charge in [0.2, 0.25) is 0 Å². The van der Waals surface area contributed by atoms with Crippen LogP contribution in [0.3, 0.4) is 0 Å². The number of fused-ring (bicyclic) bond motifs is 13. The second kappa shape index (κ2) is 12.9. The summed E-state index contributed by atoms with van der Waals surface area (Å²) >= 11 is 0. The molecule has 1 atom stereocenters. The minimum atomic E-state index is -0.565. The van der Waals surface area contributed by atoms with Gasteiger partial charge in [-0.25, -0.2) is 0 Å². The van der Waals surface area contributed by atoms with Crippen LogP contribution in [0.2, 0.25) is 0 Å². The summed E-state index contributed by atoms with van der Waals surface area (Å²) < 4.78 is 6.71. The highest BCUT2D eigenvalue weighted by atomic mass is 16.5. The van der Waals surface area contributed by atoms with E-state index in [1.165, 1.54) is 77.5 Å². The van der Waals surface area contributed by atoms with Crippen LogP contribution in [0, 0.1) is 0 Å². The van der Waals surface area contributed by atoms with Gasteiger partial charge in [-0.1, -0.05) is 194 Å². The second-order valence-corrected chi connectivity index (χ2v) is 16.7. The number of benzene rings is 10. The molecule has 0 radical (unpaired) electrons. The Labute approximate surface area is 355 Å². The first kappa shape index (κ1) is 34.2. The lowest BCUT2D eigenvalue weighted by atomic mass is 9.63. The predicted octanol–water partition coefficient (Wildman–Crippen LogP) is 15.0. The third-order valence-corrected chi connectivity index (χ3v) is 13.8. The molecule has 0 fully saturated rings. The van der Waals surface area contributed by atoms with Gasteiger partial charge >= 0.3 is 0 Å². The Hall–Kier alpha value is -7.74. The summed E-state index contributed by atoms with van der Waals surface area (Å²) in [5, 5.41) is 2.55. The van der Waals surface area contributed by atoms with Gasteiger partial charge in [-0.2, -0.15) is 0 Å². The van der Waals surface area contributed by atoms with Gasteiger partial charge in [0.05, 0.1) is 10.8 Å². The fraction of sp³-hybridized carbons (Fsp3) is 0.0333. The predicted molar refractivity (Wildman–Crippen MR) is 250 cm³/mol. The van der Waals surface area contributed by atoms with Crippen LogP contribution in [0.5, 0.6) is 11.5 Å². The average molecular weight is 775 g/mol. The molecule has 1 nitrogen and oxygen atoms in total. The van der Waals surface area contributed by atoms with Crippen molar-refractivity contribution in [2.45, 2.75) is 10.8 Å². The summed E-state index contributed by atoms with van der Waals surface area (Å²) in [6, 6.07) is 85.1. The van der Waals surface area contributed by atoms with Crippen molar-refractivity contribution >= 4 is 10.8 Å². The Morgan fingerprint density at radius 3 is 1.34 bits per heavy atom. The molecule has 1 heteroatoms. The Morgan fingerprint density at radius 1 is 0.246 bits per heavy atom. The topological polar surface area (TPSA) is 9.23 Å². The van der Waals surface area contributed by atoms with Crippen molar-refractivity contribution in [1.82, 2.24) is 0 Å². The van der Waals surface area contributed by atoms with E-state index in [1.54, 1.807) is 0 Å². The van der Waals surface area contributed by atoms with E-state index in [9.17, 15) is 0 Å². The van der Waals surface area contributed by atoms with Gasteiger partial charge in [0.1, 0.15) is 11.5 Å². The molecular formula is C60H38O. The molecule has 3 aliphatic rings. The zero-order valence-electron chi connectivity index (χ0n) is 33.3. The molecule has 2 aliphatic carbocycles. The highest BCUT2D eigenvalue weighted by Crippen LogP contribution is 2.63. The molecule has 61 heavy (non-hydrogen) atoms. The minimum absolute atomic E-state index is 0.411. The number of para-hydroxylation sites is 1. The molecule has 0 aromatic heterocycles. The molecular weight excluding hydrogens is 737 g/mol. The van der Waals surface area contributed by atoms with Gasteiger partial charge in [0.15, 0.2) is 0 Å². The molecule has 0 saturated carbocycles. The Bertz CT molecular complexity index is 3340. The van der Waals surface area contributed by atoms with Gasteiger partial charge in [0, 0.05) is 11.1 Å². The summed E-state index contributed by atoms with van der Waals surface area (Å²) in [6.07, 6.45) is 0. The van der Waals surface area contributed by atoms with E-state index in [1.807, 2.05) is 0 Å². The number of ether oxygens (including phenoxy) is 1. The molecule has 10 aromatic carbocycles. The Morgan fingerprint density at radius 2 is 0.689 bits per heavy atom. The van der Waals surface area contributed by atoms with E-state index in [-0.39, 0.29) is 0 Å². The largest absolute Gasteiger partial charge is 0.457 e. The van der Waals surface area contributed by atoms with Gasteiger partial charge in [-0.3, -0.25) is 0 Å². The molecule has 10 aromatic rings. The molecule has 1 aliphatic heterocycles. The smallest absolute Gasteiger partial charge is 0.132 e. The Balaban J connectivity index is 0.955. The van der Waals surface area contributed by atoms with Crippen molar-refractivity contribution in [3.63, 3.8) is 0 Å². The lowest BCUT2D eigenvalue weighted by Crippen LogP contribution is -2.34. The Kier molecular flexibility index (Phi) is 7.21. The summed E-state index contributed by atoms with van der Waals surface area (Å²) in [4.78, 5) is 0. The minimum Gasteiger partial charge on any atom is -0.457 e. The van der Waals surface area contributed by atoms with Crippen molar-refractivity contribution in [3.8, 4) is 56.0 Å². The quantitative estimate of drug-likeness (QED) is 0.173. The first-order valence-electron chi connectivity index (χ1n) is 21.2. The highest BCUT2D eigenvalue weighted by molar-refractivity contribution is 6.00. The normalized spacial score (nSPS) is 15.9. The molecule has 284 valence electrons. The fourth-order valence-electron chi connectivity index (χ4n) is 11.2. The van der Waals surface area contributed by atoms with E-state index in [4.69, 9.17) is 4.74 Å². The van der Waals surface area contributed by atoms with Crippen LogP contribution < -0.4 is 4.74 Å². The number of hydrogen-bond donors (Lipinski definition) is 0. The molecule has 0 saturated heterocycles. The zero-order valence-corrected chi connectivity index (χ0v) is 33.3.